The smallest absolute Gasteiger partial charge is 0.319 e. The van der Waals surface area contributed by atoms with Gasteiger partial charge in [-0.25, -0.2) is 9.18 Å². The van der Waals surface area contributed by atoms with E-state index in [0.717, 1.165) is 12.8 Å². The van der Waals surface area contributed by atoms with Gasteiger partial charge in [0.2, 0.25) is 5.91 Å². The Morgan fingerprint density at radius 3 is 2.70 bits per heavy atom. The number of urea groups is 1. The molecule has 176 valence electrons. The molecule has 0 saturated carbocycles. The standard InChI is InChI=1S/C23H25Cl2FN4O3/c1-14(28-21(31)18-8-3-9-19(24)20(18)25)22(32)30-10-4-5-15(13-30)12-27-23(33)29-17-7-2-6-16(26)11-17/h2-3,6-9,11,14-15H,4-5,10,12-13H2,1H3,(H,28,31)(H2,27,29,33). The van der Waals surface area contributed by atoms with Crippen molar-refractivity contribution in [2.75, 3.05) is 25.0 Å². The van der Waals surface area contributed by atoms with Gasteiger partial charge in [0.15, 0.2) is 0 Å². The van der Waals surface area contributed by atoms with E-state index in [1.807, 2.05) is 0 Å². The number of likely N-dealkylation sites (tertiary alicyclic amines) is 1. The Labute approximate surface area is 201 Å². The van der Waals surface area contributed by atoms with E-state index in [2.05, 4.69) is 16.0 Å². The summed E-state index contributed by atoms with van der Waals surface area (Å²) in [7, 11) is 0. The van der Waals surface area contributed by atoms with Crippen LogP contribution in [0.1, 0.15) is 30.1 Å². The predicted molar refractivity (Wildman–Crippen MR) is 126 cm³/mol. The topological polar surface area (TPSA) is 90.5 Å². The number of carbonyl (C=O) groups excluding carboxylic acids is 3. The van der Waals surface area contributed by atoms with Crippen LogP contribution >= 0.6 is 23.2 Å². The molecule has 10 heteroatoms. The quantitative estimate of drug-likeness (QED) is 0.558. The van der Waals surface area contributed by atoms with Crippen LogP contribution in [0.15, 0.2) is 42.5 Å². The first-order chi connectivity index (χ1) is 15.7. The SMILES string of the molecule is CC(NC(=O)c1cccc(Cl)c1Cl)C(=O)N1CCCC(CNC(=O)Nc2cccc(F)c2)C1. The molecule has 2 atom stereocenters. The summed E-state index contributed by atoms with van der Waals surface area (Å²) in [6.07, 6.45) is 1.63. The summed E-state index contributed by atoms with van der Waals surface area (Å²) < 4.78 is 13.2. The zero-order valence-corrected chi connectivity index (χ0v) is 19.5. The number of nitrogens with one attached hydrogen (secondary N) is 3. The molecule has 2 aromatic rings. The van der Waals surface area contributed by atoms with Gasteiger partial charge in [-0.1, -0.05) is 35.3 Å². The van der Waals surface area contributed by atoms with Crippen molar-refractivity contribution in [3.8, 4) is 0 Å². The van der Waals surface area contributed by atoms with Gasteiger partial charge >= 0.3 is 6.03 Å². The second-order valence-corrected chi connectivity index (χ2v) is 8.72. The monoisotopic (exact) mass is 494 g/mol. The molecule has 1 heterocycles. The fourth-order valence-electron chi connectivity index (χ4n) is 3.70. The Morgan fingerprint density at radius 1 is 1.18 bits per heavy atom. The van der Waals surface area contributed by atoms with Gasteiger partial charge in [0.25, 0.3) is 5.91 Å². The number of halogens is 3. The van der Waals surface area contributed by atoms with Gasteiger partial charge in [0.05, 0.1) is 15.6 Å². The zero-order chi connectivity index (χ0) is 24.0. The number of hydrogen-bond donors (Lipinski definition) is 3. The lowest BCUT2D eigenvalue weighted by atomic mass is 9.97. The molecular formula is C23H25Cl2FN4O3. The van der Waals surface area contributed by atoms with Crippen molar-refractivity contribution in [3.05, 3.63) is 63.9 Å². The molecule has 33 heavy (non-hydrogen) atoms. The fraction of sp³-hybridized carbons (Fsp3) is 0.348. The van der Waals surface area contributed by atoms with Gasteiger partial charge in [-0.05, 0) is 56.0 Å². The van der Waals surface area contributed by atoms with Gasteiger partial charge < -0.3 is 20.9 Å². The van der Waals surface area contributed by atoms with Crippen LogP contribution in [-0.4, -0.2) is 48.4 Å². The van der Waals surface area contributed by atoms with Crippen LogP contribution < -0.4 is 16.0 Å². The maximum atomic E-state index is 13.2. The Bertz CT molecular complexity index is 1040. The lowest BCUT2D eigenvalue weighted by Crippen LogP contribution is -2.51. The number of piperidine rings is 1. The Hall–Kier alpha value is -2.84. The normalized spacial score (nSPS) is 16.6. The number of rotatable bonds is 6. The third-order valence-corrected chi connectivity index (χ3v) is 6.20. The van der Waals surface area contributed by atoms with Crippen LogP contribution in [0.3, 0.4) is 0 Å². The molecule has 2 aromatic carbocycles. The van der Waals surface area contributed by atoms with E-state index in [0.29, 0.717) is 25.3 Å². The molecule has 1 fully saturated rings. The van der Waals surface area contributed by atoms with E-state index in [9.17, 15) is 18.8 Å². The third kappa shape index (κ3) is 6.82. The second-order valence-electron chi connectivity index (χ2n) is 7.93. The minimum Gasteiger partial charge on any atom is -0.341 e. The summed E-state index contributed by atoms with van der Waals surface area (Å²) in [5.41, 5.74) is 0.561. The molecule has 0 radical (unpaired) electrons. The number of nitrogens with zero attached hydrogens (tertiary/aromatic N) is 1. The summed E-state index contributed by atoms with van der Waals surface area (Å²) in [6, 6.07) is 9.16. The van der Waals surface area contributed by atoms with Gasteiger partial charge in [-0.2, -0.15) is 0 Å². The zero-order valence-electron chi connectivity index (χ0n) is 18.0. The largest absolute Gasteiger partial charge is 0.341 e. The Kier molecular flexibility index (Phi) is 8.52. The number of amides is 4. The maximum absolute atomic E-state index is 13.2. The van der Waals surface area contributed by atoms with E-state index >= 15 is 0 Å². The highest BCUT2D eigenvalue weighted by Crippen LogP contribution is 2.25. The predicted octanol–water partition coefficient (Wildman–Crippen LogP) is 4.31. The van der Waals surface area contributed by atoms with Crippen LogP contribution in [0.25, 0.3) is 0 Å². The molecule has 3 N–H and O–H groups in total. The average molecular weight is 495 g/mol. The molecule has 1 aliphatic heterocycles. The van der Waals surface area contributed by atoms with Crippen LogP contribution in [0, 0.1) is 11.7 Å². The van der Waals surface area contributed by atoms with Crippen molar-refractivity contribution in [3.63, 3.8) is 0 Å². The van der Waals surface area contributed by atoms with E-state index in [4.69, 9.17) is 23.2 Å². The molecule has 1 aliphatic rings. The second kappa shape index (κ2) is 11.3. The summed E-state index contributed by atoms with van der Waals surface area (Å²) in [5, 5.41) is 8.42. The first kappa shape index (κ1) is 24.8. The number of benzene rings is 2. The highest BCUT2D eigenvalue weighted by atomic mass is 35.5. The van der Waals surface area contributed by atoms with Gasteiger partial charge in [0, 0.05) is 25.3 Å². The number of anilines is 1. The van der Waals surface area contributed by atoms with Crippen molar-refractivity contribution in [1.29, 1.82) is 0 Å². The van der Waals surface area contributed by atoms with E-state index in [-0.39, 0.29) is 27.4 Å². The summed E-state index contributed by atoms with van der Waals surface area (Å²) >= 11 is 12.1. The molecule has 0 spiro atoms. The van der Waals surface area contributed by atoms with Crippen molar-refractivity contribution in [1.82, 2.24) is 15.5 Å². The Balaban J connectivity index is 1.49. The maximum Gasteiger partial charge on any atom is 0.319 e. The number of hydrogen-bond acceptors (Lipinski definition) is 3. The molecule has 4 amide bonds. The molecular weight excluding hydrogens is 470 g/mol. The fourth-order valence-corrected chi connectivity index (χ4v) is 4.09. The molecule has 7 nitrogen and oxygen atoms in total. The van der Waals surface area contributed by atoms with Gasteiger partial charge in [0.1, 0.15) is 11.9 Å². The van der Waals surface area contributed by atoms with E-state index in [1.54, 1.807) is 30.0 Å². The van der Waals surface area contributed by atoms with E-state index in [1.165, 1.54) is 24.3 Å². The highest BCUT2D eigenvalue weighted by molar-refractivity contribution is 6.43. The Morgan fingerprint density at radius 2 is 1.94 bits per heavy atom. The minimum atomic E-state index is -0.754. The lowest BCUT2D eigenvalue weighted by Gasteiger charge is -2.34. The highest BCUT2D eigenvalue weighted by Gasteiger charge is 2.28. The van der Waals surface area contributed by atoms with Crippen molar-refractivity contribution < 1.29 is 18.8 Å². The first-order valence-electron chi connectivity index (χ1n) is 10.6. The molecule has 0 bridgehead atoms. The summed E-state index contributed by atoms with van der Waals surface area (Å²) in [6.45, 7) is 3.01. The van der Waals surface area contributed by atoms with Crippen LogP contribution in [0.5, 0.6) is 0 Å². The first-order valence-corrected chi connectivity index (χ1v) is 11.3. The molecule has 0 aromatic heterocycles. The summed E-state index contributed by atoms with van der Waals surface area (Å²) in [4.78, 5) is 39.2. The average Bonchev–Trinajstić information content (AvgIpc) is 2.79. The number of carbonyl (C=O) groups is 3. The minimum absolute atomic E-state index is 0.0613. The van der Waals surface area contributed by atoms with Crippen LogP contribution in [-0.2, 0) is 4.79 Å². The molecule has 2 unspecified atom stereocenters. The van der Waals surface area contributed by atoms with Crippen molar-refractivity contribution in [2.45, 2.75) is 25.8 Å². The van der Waals surface area contributed by atoms with Crippen molar-refractivity contribution in [2.24, 2.45) is 5.92 Å². The van der Waals surface area contributed by atoms with Gasteiger partial charge in [-0.3, -0.25) is 9.59 Å². The van der Waals surface area contributed by atoms with Crippen LogP contribution in [0.4, 0.5) is 14.9 Å². The summed E-state index contributed by atoms with van der Waals surface area (Å²) in [5.74, 6) is -1.07. The van der Waals surface area contributed by atoms with Gasteiger partial charge in [-0.15, -0.1) is 0 Å². The third-order valence-electron chi connectivity index (χ3n) is 5.38. The van der Waals surface area contributed by atoms with Crippen LogP contribution in [0.2, 0.25) is 10.0 Å². The molecule has 0 aliphatic carbocycles. The molecule has 3 rings (SSSR count). The van der Waals surface area contributed by atoms with E-state index < -0.39 is 23.8 Å². The van der Waals surface area contributed by atoms with Crippen molar-refractivity contribution >= 4 is 46.7 Å². The molecule has 1 saturated heterocycles. The lowest BCUT2D eigenvalue weighted by molar-refractivity contribution is -0.134.